The quantitative estimate of drug-likeness (QED) is 0.473. The van der Waals surface area contributed by atoms with E-state index in [1.54, 1.807) is 42.5 Å². The highest BCUT2D eigenvalue weighted by atomic mass is 35.5. The van der Waals surface area contributed by atoms with Crippen LogP contribution in [0.25, 0.3) is 5.57 Å². The van der Waals surface area contributed by atoms with E-state index in [0.29, 0.717) is 27.0 Å². The van der Waals surface area contributed by atoms with E-state index in [0.717, 1.165) is 22.3 Å². The molecule has 3 aromatic carbocycles. The Hall–Kier alpha value is -3.08. The molecule has 0 spiro atoms. The molecule has 0 saturated carbocycles. The van der Waals surface area contributed by atoms with Crippen LogP contribution >= 0.6 is 23.2 Å². The van der Waals surface area contributed by atoms with Crippen molar-refractivity contribution in [2.45, 2.75) is 20.8 Å². The maximum absolute atomic E-state index is 13.5. The molecule has 156 valence electrons. The Labute approximate surface area is 191 Å². The maximum atomic E-state index is 13.5. The summed E-state index contributed by atoms with van der Waals surface area (Å²) in [6.07, 6.45) is 0. The summed E-state index contributed by atoms with van der Waals surface area (Å²) in [7, 11) is 0. The van der Waals surface area contributed by atoms with Crippen molar-refractivity contribution < 1.29 is 9.59 Å². The van der Waals surface area contributed by atoms with Gasteiger partial charge in [-0.05, 0) is 79.9 Å². The largest absolute Gasteiger partial charge is 0.350 e. The van der Waals surface area contributed by atoms with Crippen LogP contribution in [0.1, 0.15) is 22.3 Å². The van der Waals surface area contributed by atoms with Gasteiger partial charge < -0.3 is 5.32 Å². The number of hydrogen-bond acceptors (Lipinski definition) is 3. The Bertz CT molecular complexity index is 1250. The van der Waals surface area contributed by atoms with Crippen LogP contribution < -0.4 is 10.2 Å². The van der Waals surface area contributed by atoms with Crippen LogP contribution in [0.2, 0.25) is 10.0 Å². The van der Waals surface area contributed by atoms with Crippen molar-refractivity contribution in [2.75, 3.05) is 10.2 Å². The number of imide groups is 1. The molecule has 0 fully saturated rings. The highest BCUT2D eigenvalue weighted by Gasteiger charge is 2.40. The van der Waals surface area contributed by atoms with E-state index in [9.17, 15) is 9.59 Å². The molecule has 0 radical (unpaired) electrons. The lowest BCUT2D eigenvalue weighted by Crippen LogP contribution is -2.32. The van der Waals surface area contributed by atoms with Gasteiger partial charge in [-0.1, -0.05) is 47.0 Å². The minimum Gasteiger partial charge on any atom is -0.350 e. The summed E-state index contributed by atoms with van der Waals surface area (Å²) < 4.78 is 0. The van der Waals surface area contributed by atoms with E-state index in [1.807, 2.05) is 39.0 Å². The normalized spacial score (nSPS) is 13.9. The average Bonchev–Trinajstić information content (AvgIpc) is 2.95. The van der Waals surface area contributed by atoms with Crippen molar-refractivity contribution in [3.63, 3.8) is 0 Å². The first-order chi connectivity index (χ1) is 14.8. The number of aryl methyl sites for hydroxylation is 3. The van der Waals surface area contributed by atoms with Crippen molar-refractivity contribution in [1.29, 1.82) is 0 Å². The van der Waals surface area contributed by atoms with Crippen molar-refractivity contribution in [3.05, 3.63) is 98.7 Å². The SMILES string of the molecule is Cc1ccc(C2=C(Nc3ccc(Cl)cc3C)C(=O)N(c3ccc(Cl)cc3)C2=O)c(C)c1. The Kier molecular flexibility index (Phi) is 5.61. The lowest BCUT2D eigenvalue weighted by molar-refractivity contribution is -0.120. The third kappa shape index (κ3) is 3.97. The van der Waals surface area contributed by atoms with Crippen LogP contribution in [-0.2, 0) is 9.59 Å². The Morgan fingerprint density at radius 1 is 0.742 bits per heavy atom. The number of nitrogens with one attached hydrogen (secondary N) is 1. The summed E-state index contributed by atoms with van der Waals surface area (Å²) in [5.41, 5.74) is 5.33. The van der Waals surface area contributed by atoms with Gasteiger partial charge in [0.05, 0.1) is 11.3 Å². The van der Waals surface area contributed by atoms with E-state index in [1.165, 1.54) is 4.90 Å². The molecule has 2 amide bonds. The van der Waals surface area contributed by atoms with E-state index >= 15 is 0 Å². The van der Waals surface area contributed by atoms with E-state index in [4.69, 9.17) is 23.2 Å². The summed E-state index contributed by atoms with van der Waals surface area (Å²) in [6, 6.07) is 17.8. The number of nitrogens with zero attached hydrogens (tertiary/aromatic N) is 1. The van der Waals surface area contributed by atoms with E-state index in [2.05, 4.69) is 5.32 Å². The van der Waals surface area contributed by atoms with Crippen LogP contribution in [0.3, 0.4) is 0 Å². The third-order valence-corrected chi connectivity index (χ3v) is 5.76. The highest BCUT2D eigenvalue weighted by molar-refractivity contribution is 6.46. The molecular formula is C25H20Cl2N2O2. The second kappa shape index (κ2) is 8.22. The number of hydrogen-bond donors (Lipinski definition) is 1. The minimum atomic E-state index is -0.420. The predicted molar refractivity (Wildman–Crippen MR) is 127 cm³/mol. The fraction of sp³-hybridized carbons (Fsp3) is 0.120. The first-order valence-corrected chi connectivity index (χ1v) is 10.5. The predicted octanol–water partition coefficient (Wildman–Crippen LogP) is 6.32. The third-order valence-electron chi connectivity index (χ3n) is 5.27. The van der Waals surface area contributed by atoms with Crippen LogP contribution in [-0.4, -0.2) is 11.8 Å². The maximum Gasteiger partial charge on any atom is 0.282 e. The summed E-state index contributed by atoms with van der Waals surface area (Å²) in [6.45, 7) is 5.82. The number of carbonyl (C=O) groups is 2. The second-order valence-corrected chi connectivity index (χ2v) is 8.45. The van der Waals surface area contributed by atoms with Gasteiger partial charge in [-0.3, -0.25) is 9.59 Å². The van der Waals surface area contributed by atoms with Crippen molar-refractivity contribution in [2.24, 2.45) is 0 Å². The lowest BCUT2D eigenvalue weighted by atomic mass is 9.97. The van der Waals surface area contributed by atoms with Gasteiger partial charge in [0.1, 0.15) is 5.70 Å². The summed E-state index contributed by atoms with van der Waals surface area (Å²) in [5, 5.41) is 4.33. The number of benzene rings is 3. The zero-order chi connectivity index (χ0) is 22.3. The van der Waals surface area contributed by atoms with Crippen LogP contribution in [0.15, 0.2) is 66.4 Å². The van der Waals surface area contributed by atoms with Crippen molar-refractivity contribution >= 4 is 52.0 Å². The van der Waals surface area contributed by atoms with Gasteiger partial charge in [0.2, 0.25) is 0 Å². The van der Waals surface area contributed by atoms with Crippen LogP contribution in [0, 0.1) is 20.8 Å². The van der Waals surface area contributed by atoms with Crippen molar-refractivity contribution in [3.8, 4) is 0 Å². The van der Waals surface area contributed by atoms with E-state index < -0.39 is 5.91 Å². The molecule has 0 atom stereocenters. The van der Waals surface area contributed by atoms with Gasteiger partial charge in [-0.2, -0.15) is 0 Å². The van der Waals surface area contributed by atoms with Gasteiger partial charge in [-0.15, -0.1) is 0 Å². The number of halogens is 2. The van der Waals surface area contributed by atoms with Gasteiger partial charge >= 0.3 is 0 Å². The molecule has 1 aliphatic heterocycles. The van der Waals surface area contributed by atoms with Gasteiger partial charge in [0.25, 0.3) is 11.8 Å². The fourth-order valence-corrected chi connectivity index (χ4v) is 4.07. The molecule has 0 aliphatic carbocycles. The average molecular weight is 451 g/mol. The molecular weight excluding hydrogens is 431 g/mol. The van der Waals surface area contributed by atoms with Crippen LogP contribution in [0.5, 0.6) is 0 Å². The first-order valence-electron chi connectivity index (χ1n) is 9.75. The molecule has 4 nitrogen and oxygen atoms in total. The minimum absolute atomic E-state index is 0.234. The standard InChI is InChI=1S/C25H20Cl2N2O2/c1-14-4-10-20(15(2)12-14)22-23(28-21-11-7-18(27)13-16(21)3)25(31)29(24(22)30)19-8-5-17(26)6-9-19/h4-13,28H,1-3H3. The zero-order valence-electron chi connectivity index (χ0n) is 17.3. The monoisotopic (exact) mass is 450 g/mol. The molecule has 3 aromatic rings. The highest BCUT2D eigenvalue weighted by Crippen LogP contribution is 2.36. The summed E-state index contributed by atoms with van der Waals surface area (Å²) in [4.78, 5) is 28.2. The number of carbonyl (C=O) groups excluding carboxylic acids is 2. The molecule has 0 bridgehead atoms. The Morgan fingerprint density at radius 3 is 2.06 bits per heavy atom. The lowest BCUT2D eigenvalue weighted by Gasteiger charge is -2.16. The molecule has 1 heterocycles. The summed E-state index contributed by atoms with van der Waals surface area (Å²) in [5.74, 6) is -0.801. The van der Waals surface area contributed by atoms with Crippen LogP contribution in [0.4, 0.5) is 11.4 Å². The number of anilines is 2. The molecule has 0 saturated heterocycles. The second-order valence-electron chi connectivity index (χ2n) is 7.57. The molecule has 0 aromatic heterocycles. The molecule has 31 heavy (non-hydrogen) atoms. The molecule has 0 unspecified atom stereocenters. The van der Waals surface area contributed by atoms with Crippen molar-refractivity contribution in [1.82, 2.24) is 0 Å². The molecule has 1 aliphatic rings. The summed E-state index contributed by atoms with van der Waals surface area (Å²) >= 11 is 12.1. The van der Waals surface area contributed by atoms with E-state index in [-0.39, 0.29) is 11.6 Å². The Balaban J connectivity index is 1.87. The van der Waals surface area contributed by atoms with Gasteiger partial charge in [-0.25, -0.2) is 4.90 Å². The number of rotatable bonds is 4. The zero-order valence-corrected chi connectivity index (χ0v) is 18.8. The molecule has 1 N–H and O–H groups in total. The van der Waals surface area contributed by atoms with Gasteiger partial charge in [0, 0.05) is 15.7 Å². The molecule has 4 rings (SSSR count). The first kappa shape index (κ1) is 21.2. The number of amides is 2. The van der Waals surface area contributed by atoms with Gasteiger partial charge in [0.15, 0.2) is 0 Å². The fourth-order valence-electron chi connectivity index (χ4n) is 3.72. The Morgan fingerprint density at radius 2 is 1.42 bits per heavy atom. The topological polar surface area (TPSA) is 49.4 Å². The smallest absolute Gasteiger partial charge is 0.282 e. The molecule has 6 heteroatoms.